The Kier molecular flexibility index (Phi) is 5.30. The number of carbonyl (C=O) groups is 3. The molecule has 2 fully saturated rings. The number of rotatable bonds is 3. The number of hydrogen-bond donors (Lipinski definition) is 0. The zero-order valence-electron chi connectivity index (χ0n) is 17.9. The summed E-state index contributed by atoms with van der Waals surface area (Å²) in [6, 6.07) is 14.2. The van der Waals surface area contributed by atoms with E-state index in [-0.39, 0.29) is 30.7 Å². The van der Waals surface area contributed by atoms with E-state index < -0.39 is 12.1 Å². The number of piperazine rings is 1. The molecule has 0 saturated carbocycles. The molecule has 8 nitrogen and oxygen atoms in total. The summed E-state index contributed by atoms with van der Waals surface area (Å²) in [6.45, 7) is 4.15. The first-order chi connectivity index (χ1) is 15.5. The fourth-order valence-electron chi connectivity index (χ4n) is 4.47. The van der Waals surface area contributed by atoms with Crippen molar-refractivity contribution in [2.75, 3.05) is 37.7 Å². The van der Waals surface area contributed by atoms with Gasteiger partial charge in [-0.1, -0.05) is 29.8 Å². The number of imide groups is 1. The molecule has 32 heavy (non-hydrogen) atoms. The summed E-state index contributed by atoms with van der Waals surface area (Å²) >= 11 is 0. The van der Waals surface area contributed by atoms with Gasteiger partial charge in [0.15, 0.2) is 11.5 Å². The van der Waals surface area contributed by atoms with Gasteiger partial charge in [0.05, 0.1) is 18.2 Å². The van der Waals surface area contributed by atoms with Crippen molar-refractivity contribution in [3.63, 3.8) is 0 Å². The minimum absolute atomic E-state index is 0.116. The highest BCUT2D eigenvalue weighted by molar-refractivity contribution is 6.22. The molecule has 2 aromatic rings. The molecule has 2 atom stereocenters. The molecule has 0 aromatic heterocycles. The van der Waals surface area contributed by atoms with Crippen LogP contribution in [0.25, 0.3) is 0 Å². The van der Waals surface area contributed by atoms with Crippen molar-refractivity contribution in [1.82, 2.24) is 9.80 Å². The Morgan fingerprint density at radius 1 is 0.938 bits per heavy atom. The Morgan fingerprint density at radius 2 is 1.62 bits per heavy atom. The third-order valence-corrected chi connectivity index (χ3v) is 6.27. The molecule has 0 aliphatic carbocycles. The van der Waals surface area contributed by atoms with Crippen molar-refractivity contribution < 1.29 is 23.9 Å². The largest absolute Gasteiger partial charge is 0.485 e. The van der Waals surface area contributed by atoms with Crippen molar-refractivity contribution in [1.29, 1.82) is 0 Å². The summed E-state index contributed by atoms with van der Waals surface area (Å²) < 4.78 is 11.5. The number of aryl methyl sites for hydroxylation is 1. The van der Waals surface area contributed by atoms with Crippen LogP contribution in [0.5, 0.6) is 11.5 Å². The first kappa shape index (κ1) is 20.5. The van der Waals surface area contributed by atoms with Gasteiger partial charge in [0.1, 0.15) is 6.61 Å². The molecule has 3 heterocycles. The Morgan fingerprint density at radius 3 is 2.34 bits per heavy atom. The lowest BCUT2D eigenvalue weighted by molar-refractivity contribution is -0.143. The number of fused-ring (bicyclic) bond motifs is 1. The Balaban J connectivity index is 1.20. The number of para-hydroxylation sites is 2. The lowest BCUT2D eigenvalue weighted by Gasteiger charge is -2.38. The molecule has 2 aromatic carbocycles. The van der Waals surface area contributed by atoms with E-state index in [1.165, 1.54) is 4.90 Å². The van der Waals surface area contributed by atoms with E-state index in [1.807, 2.05) is 42.2 Å². The monoisotopic (exact) mass is 435 g/mol. The average molecular weight is 435 g/mol. The average Bonchev–Trinajstić information content (AvgIpc) is 3.12. The molecule has 2 saturated heterocycles. The molecule has 0 spiro atoms. The van der Waals surface area contributed by atoms with E-state index in [0.717, 1.165) is 5.56 Å². The molecule has 0 radical (unpaired) electrons. The molecule has 8 heteroatoms. The van der Waals surface area contributed by atoms with Crippen molar-refractivity contribution in [2.24, 2.45) is 0 Å². The molecule has 2 unspecified atom stereocenters. The highest BCUT2D eigenvalue weighted by Gasteiger charge is 2.44. The van der Waals surface area contributed by atoms with Crippen LogP contribution in [-0.2, 0) is 14.4 Å². The van der Waals surface area contributed by atoms with Gasteiger partial charge in [-0.05, 0) is 31.2 Å². The maximum atomic E-state index is 13.0. The van der Waals surface area contributed by atoms with E-state index in [0.29, 0.717) is 43.4 Å². The van der Waals surface area contributed by atoms with E-state index in [4.69, 9.17) is 9.47 Å². The highest BCUT2D eigenvalue weighted by Crippen LogP contribution is 2.32. The minimum Gasteiger partial charge on any atom is -0.485 e. The van der Waals surface area contributed by atoms with Crippen molar-refractivity contribution in [3.8, 4) is 11.5 Å². The number of carbonyl (C=O) groups excluding carboxylic acids is 3. The van der Waals surface area contributed by atoms with E-state index in [9.17, 15) is 14.4 Å². The SMILES string of the molecule is Cc1ccc(N2C(=O)CC(N3CCN(C(=O)C4COc5ccccc5O4)CC3)C2=O)cc1. The van der Waals surface area contributed by atoms with Gasteiger partial charge in [-0.2, -0.15) is 0 Å². The smallest absolute Gasteiger partial charge is 0.267 e. The summed E-state index contributed by atoms with van der Waals surface area (Å²) in [5.74, 6) is 0.716. The fourth-order valence-corrected chi connectivity index (χ4v) is 4.47. The molecule has 3 aliphatic heterocycles. The number of benzene rings is 2. The van der Waals surface area contributed by atoms with Crippen molar-refractivity contribution in [3.05, 3.63) is 54.1 Å². The van der Waals surface area contributed by atoms with Gasteiger partial charge in [0, 0.05) is 26.2 Å². The van der Waals surface area contributed by atoms with Crippen LogP contribution in [0.4, 0.5) is 5.69 Å². The highest BCUT2D eigenvalue weighted by atomic mass is 16.6. The van der Waals surface area contributed by atoms with Crippen LogP contribution in [0.1, 0.15) is 12.0 Å². The first-order valence-corrected chi connectivity index (χ1v) is 10.9. The molecular formula is C24H25N3O5. The third kappa shape index (κ3) is 3.71. The molecular weight excluding hydrogens is 410 g/mol. The van der Waals surface area contributed by atoms with Gasteiger partial charge in [-0.25, -0.2) is 4.90 Å². The normalized spacial score (nSPS) is 23.5. The molecule has 5 rings (SSSR count). The number of hydrogen-bond acceptors (Lipinski definition) is 6. The number of amides is 3. The Labute approximate surface area is 186 Å². The van der Waals surface area contributed by atoms with Gasteiger partial charge >= 0.3 is 0 Å². The van der Waals surface area contributed by atoms with Crippen LogP contribution < -0.4 is 14.4 Å². The molecule has 3 aliphatic rings. The Bertz CT molecular complexity index is 1050. The summed E-state index contributed by atoms with van der Waals surface area (Å²) in [5.41, 5.74) is 1.68. The van der Waals surface area contributed by atoms with E-state index >= 15 is 0 Å². The van der Waals surface area contributed by atoms with Crippen molar-refractivity contribution in [2.45, 2.75) is 25.5 Å². The quantitative estimate of drug-likeness (QED) is 0.682. The summed E-state index contributed by atoms with van der Waals surface area (Å²) in [6.07, 6.45) is -0.514. The zero-order chi connectivity index (χ0) is 22.2. The predicted octanol–water partition coefficient (Wildman–Crippen LogP) is 1.61. The van der Waals surface area contributed by atoms with Crippen LogP contribution in [0.2, 0.25) is 0 Å². The van der Waals surface area contributed by atoms with Gasteiger partial charge < -0.3 is 14.4 Å². The lowest BCUT2D eigenvalue weighted by Crippen LogP contribution is -2.57. The standard InChI is InChI=1S/C24H25N3O5/c1-16-6-8-17(9-7-16)27-22(28)14-18(23(27)29)25-10-12-26(13-11-25)24(30)21-15-31-19-4-2-3-5-20(19)32-21/h2-9,18,21H,10-15H2,1H3. The van der Waals surface area contributed by atoms with Gasteiger partial charge in [-0.15, -0.1) is 0 Å². The van der Waals surface area contributed by atoms with E-state index in [1.54, 1.807) is 23.1 Å². The van der Waals surface area contributed by atoms with Crippen LogP contribution in [0.15, 0.2) is 48.5 Å². The first-order valence-electron chi connectivity index (χ1n) is 10.9. The maximum absolute atomic E-state index is 13.0. The Hall–Kier alpha value is -3.39. The van der Waals surface area contributed by atoms with Gasteiger partial charge in [0.2, 0.25) is 12.0 Å². The molecule has 3 amide bonds. The molecule has 0 N–H and O–H groups in total. The number of nitrogens with zero attached hydrogens (tertiary/aromatic N) is 3. The summed E-state index contributed by atoms with van der Waals surface area (Å²) in [7, 11) is 0. The second kappa shape index (κ2) is 8.27. The molecule has 0 bridgehead atoms. The van der Waals surface area contributed by atoms with Gasteiger partial charge in [-0.3, -0.25) is 19.3 Å². The summed E-state index contributed by atoms with van der Waals surface area (Å²) in [4.78, 5) is 43.6. The third-order valence-electron chi connectivity index (χ3n) is 6.27. The minimum atomic E-state index is -0.678. The lowest BCUT2D eigenvalue weighted by atomic mass is 10.1. The number of ether oxygens (including phenoxy) is 2. The second-order valence-corrected chi connectivity index (χ2v) is 8.35. The van der Waals surface area contributed by atoms with Crippen LogP contribution >= 0.6 is 0 Å². The molecule has 166 valence electrons. The second-order valence-electron chi connectivity index (χ2n) is 8.35. The van der Waals surface area contributed by atoms with Crippen LogP contribution in [-0.4, -0.2) is 72.5 Å². The van der Waals surface area contributed by atoms with Crippen LogP contribution in [0.3, 0.4) is 0 Å². The topological polar surface area (TPSA) is 79.4 Å². The zero-order valence-corrected chi connectivity index (χ0v) is 17.9. The van der Waals surface area contributed by atoms with Crippen LogP contribution in [0, 0.1) is 6.92 Å². The maximum Gasteiger partial charge on any atom is 0.267 e. The van der Waals surface area contributed by atoms with Crippen molar-refractivity contribution >= 4 is 23.4 Å². The number of anilines is 1. The summed E-state index contributed by atoms with van der Waals surface area (Å²) in [5, 5.41) is 0. The van der Waals surface area contributed by atoms with E-state index in [2.05, 4.69) is 0 Å². The fraction of sp³-hybridized carbons (Fsp3) is 0.375. The predicted molar refractivity (Wildman–Crippen MR) is 117 cm³/mol. The van der Waals surface area contributed by atoms with Gasteiger partial charge in [0.25, 0.3) is 11.8 Å².